The second kappa shape index (κ2) is 7.88. The first-order valence-electron chi connectivity index (χ1n) is 10.1. The molecule has 2 aliphatic heterocycles. The van der Waals surface area contributed by atoms with Crippen molar-refractivity contribution in [3.8, 4) is 0 Å². The van der Waals surface area contributed by atoms with Crippen LogP contribution in [0, 0.1) is 5.92 Å². The fraction of sp³-hybridized carbons (Fsp3) is 0.737. The van der Waals surface area contributed by atoms with Gasteiger partial charge in [-0.1, -0.05) is 6.42 Å². The van der Waals surface area contributed by atoms with Crippen molar-refractivity contribution < 1.29 is 9.53 Å². The van der Waals surface area contributed by atoms with Crippen molar-refractivity contribution in [3.05, 3.63) is 22.5 Å². The van der Waals surface area contributed by atoms with Gasteiger partial charge in [0.2, 0.25) is 0 Å². The van der Waals surface area contributed by atoms with Crippen LogP contribution >= 0.6 is 0 Å². The molecule has 1 unspecified atom stereocenters. The van der Waals surface area contributed by atoms with Gasteiger partial charge in [0.15, 0.2) is 0 Å². The van der Waals surface area contributed by atoms with Crippen LogP contribution in [0.15, 0.2) is 16.9 Å². The van der Waals surface area contributed by atoms with Crippen molar-refractivity contribution >= 4 is 11.9 Å². The first kappa shape index (κ1) is 18.3. The Bertz CT molecular complexity index is 724. The fourth-order valence-corrected chi connectivity index (χ4v) is 4.27. The number of carbonyl (C=O) groups is 1. The van der Waals surface area contributed by atoms with E-state index in [1.165, 1.54) is 23.9 Å². The second-order valence-electron chi connectivity index (χ2n) is 7.88. The summed E-state index contributed by atoms with van der Waals surface area (Å²) in [5.74, 6) is 1.43. The highest BCUT2D eigenvalue weighted by atomic mass is 16.6. The Kier molecular flexibility index (Phi) is 5.33. The molecule has 1 aliphatic carbocycles. The molecule has 0 radical (unpaired) electrons. The number of aryl methyl sites for hydroxylation is 1. The number of piperazine rings is 1. The molecule has 3 fully saturated rings. The van der Waals surface area contributed by atoms with Crippen molar-refractivity contribution in [1.29, 1.82) is 0 Å². The first-order chi connectivity index (χ1) is 13.1. The molecular formula is C19H29N5O3. The summed E-state index contributed by atoms with van der Waals surface area (Å²) in [4.78, 5) is 28.4. The number of anilines is 1. The van der Waals surface area contributed by atoms with E-state index in [4.69, 9.17) is 4.74 Å². The number of piperidine rings is 1. The molecule has 1 atom stereocenters. The minimum Gasteiger partial charge on any atom is -0.446 e. The topological polar surface area (TPSA) is 79.7 Å². The van der Waals surface area contributed by atoms with Crippen LogP contribution in [0.25, 0.3) is 0 Å². The number of carbonyl (C=O) groups excluding carboxylic acids is 1. The summed E-state index contributed by atoms with van der Waals surface area (Å²) in [6.07, 6.45) is 5.11. The van der Waals surface area contributed by atoms with E-state index in [1.807, 2.05) is 4.90 Å². The van der Waals surface area contributed by atoms with Crippen LogP contribution in [0.1, 0.15) is 32.1 Å². The molecule has 148 valence electrons. The highest BCUT2D eigenvalue weighted by Crippen LogP contribution is 2.33. The molecule has 8 heteroatoms. The summed E-state index contributed by atoms with van der Waals surface area (Å²) < 4.78 is 7.22. The molecule has 8 nitrogen and oxygen atoms in total. The summed E-state index contributed by atoms with van der Waals surface area (Å²) in [5.41, 5.74) is -0.111. The van der Waals surface area contributed by atoms with Gasteiger partial charge in [-0.15, -0.1) is 0 Å². The summed E-state index contributed by atoms with van der Waals surface area (Å²) in [6.45, 7) is 4.01. The van der Waals surface area contributed by atoms with Gasteiger partial charge in [0.25, 0.3) is 5.56 Å². The largest absolute Gasteiger partial charge is 0.446 e. The molecule has 2 saturated heterocycles. The van der Waals surface area contributed by atoms with Crippen LogP contribution in [-0.2, 0) is 11.8 Å². The standard InChI is InChI=1S/C19H29N5O3/c1-22-18(25)6-5-17(21-22)23-10-7-15(8-11-23)27-19(26)24-12-9-20-13-16(24)14-3-2-4-14/h5-6,14-16,20H,2-4,7-13H2,1H3. The lowest BCUT2D eigenvalue weighted by Gasteiger charge is -2.44. The molecule has 1 amide bonds. The Balaban J connectivity index is 1.31. The van der Waals surface area contributed by atoms with Crippen molar-refractivity contribution in [1.82, 2.24) is 20.0 Å². The SMILES string of the molecule is Cn1nc(N2CCC(OC(=O)N3CCNCC3C3CCC3)CC2)ccc1=O. The van der Waals surface area contributed by atoms with Crippen molar-refractivity contribution in [2.75, 3.05) is 37.6 Å². The molecule has 1 N–H and O–H groups in total. The van der Waals surface area contributed by atoms with Crippen LogP contribution in [-0.4, -0.2) is 65.6 Å². The Morgan fingerprint density at radius 3 is 2.63 bits per heavy atom. The van der Waals surface area contributed by atoms with Crippen LogP contribution < -0.4 is 15.8 Å². The minimum absolute atomic E-state index is 0.0433. The van der Waals surface area contributed by atoms with Gasteiger partial charge in [-0.3, -0.25) is 4.79 Å². The molecule has 0 aromatic carbocycles. The maximum Gasteiger partial charge on any atom is 0.410 e. The molecule has 0 spiro atoms. The maximum absolute atomic E-state index is 12.8. The predicted molar refractivity (Wildman–Crippen MR) is 102 cm³/mol. The Labute approximate surface area is 159 Å². The summed E-state index contributed by atoms with van der Waals surface area (Å²) in [7, 11) is 1.66. The van der Waals surface area contributed by atoms with E-state index < -0.39 is 0 Å². The van der Waals surface area contributed by atoms with Gasteiger partial charge in [0.1, 0.15) is 11.9 Å². The normalized spacial score (nSPS) is 24.6. The number of nitrogens with one attached hydrogen (secondary N) is 1. The lowest BCUT2D eigenvalue weighted by Crippen LogP contribution is -2.58. The van der Waals surface area contributed by atoms with E-state index in [0.717, 1.165) is 51.4 Å². The Morgan fingerprint density at radius 1 is 1.19 bits per heavy atom. The zero-order chi connectivity index (χ0) is 18.8. The molecule has 27 heavy (non-hydrogen) atoms. The van der Waals surface area contributed by atoms with Crippen molar-refractivity contribution in [2.24, 2.45) is 13.0 Å². The van der Waals surface area contributed by atoms with Gasteiger partial charge in [-0.05, 0) is 24.8 Å². The van der Waals surface area contributed by atoms with Crippen LogP contribution in [0.2, 0.25) is 0 Å². The van der Waals surface area contributed by atoms with Gasteiger partial charge >= 0.3 is 6.09 Å². The average molecular weight is 375 g/mol. The number of hydrogen-bond donors (Lipinski definition) is 1. The van der Waals surface area contributed by atoms with Gasteiger partial charge in [-0.2, -0.15) is 5.10 Å². The minimum atomic E-state index is -0.146. The van der Waals surface area contributed by atoms with Crippen molar-refractivity contribution in [3.63, 3.8) is 0 Å². The van der Waals surface area contributed by atoms with Crippen LogP contribution in [0.5, 0.6) is 0 Å². The van der Waals surface area contributed by atoms with Crippen LogP contribution in [0.4, 0.5) is 10.6 Å². The lowest BCUT2D eigenvalue weighted by molar-refractivity contribution is 0.0166. The first-order valence-corrected chi connectivity index (χ1v) is 10.1. The second-order valence-corrected chi connectivity index (χ2v) is 7.88. The molecule has 1 aromatic heterocycles. The van der Waals surface area contributed by atoms with Gasteiger partial charge < -0.3 is 19.9 Å². The number of nitrogens with zero attached hydrogens (tertiary/aromatic N) is 4. The molecule has 0 bridgehead atoms. The highest BCUT2D eigenvalue weighted by molar-refractivity contribution is 5.68. The molecular weight excluding hydrogens is 346 g/mol. The fourth-order valence-electron chi connectivity index (χ4n) is 4.27. The quantitative estimate of drug-likeness (QED) is 0.848. The molecule has 1 aromatic rings. The van der Waals surface area contributed by atoms with E-state index in [0.29, 0.717) is 5.92 Å². The predicted octanol–water partition coefficient (Wildman–Crippen LogP) is 0.960. The molecule has 3 heterocycles. The zero-order valence-electron chi connectivity index (χ0n) is 16.0. The number of ether oxygens (including phenoxy) is 1. The Morgan fingerprint density at radius 2 is 1.96 bits per heavy atom. The highest BCUT2D eigenvalue weighted by Gasteiger charge is 2.37. The van der Waals surface area contributed by atoms with E-state index in [1.54, 1.807) is 19.2 Å². The number of rotatable bonds is 3. The third-order valence-electron chi connectivity index (χ3n) is 6.19. The van der Waals surface area contributed by atoms with E-state index >= 15 is 0 Å². The Hall–Kier alpha value is -2.09. The van der Waals surface area contributed by atoms with Gasteiger partial charge in [0, 0.05) is 58.7 Å². The van der Waals surface area contributed by atoms with Crippen molar-refractivity contribution in [2.45, 2.75) is 44.2 Å². The monoisotopic (exact) mass is 375 g/mol. The van der Waals surface area contributed by atoms with Gasteiger partial charge in [0.05, 0.1) is 6.04 Å². The summed E-state index contributed by atoms with van der Waals surface area (Å²) >= 11 is 0. The molecule has 1 saturated carbocycles. The maximum atomic E-state index is 12.8. The average Bonchev–Trinajstić information content (AvgIpc) is 2.64. The third kappa shape index (κ3) is 3.95. The third-order valence-corrected chi connectivity index (χ3v) is 6.19. The lowest BCUT2D eigenvalue weighted by atomic mass is 9.78. The van der Waals surface area contributed by atoms with E-state index in [2.05, 4.69) is 15.3 Å². The van der Waals surface area contributed by atoms with Gasteiger partial charge in [-0.25, -0.2) is 9.48 Å². The van der Waals surface area contributed by atoms with Crippen LogP contribution in [0.3, 0.4) is 0 Å². The number of hydrogen-bond acceptors (Lipinski definition) is 6. The molecule has 4 rings (SSSR count). The van der Waals surface area contributed by atoms with E-state index in [9.17, 15) is 9.59 Å². The summed E-state index contributed by atoms with van der Waals surface area (Å²) in [6, 6.07) is 3.59. The van der Waals surface area contributed by atoms with E-state index in [-0.39, 0.29) is 23.8 Å². The zero-order valence-corrected chi connectivity index (χ0v) is 16.0. The summed E-state index contributed by atoms with van der Waals surface area (Å²) in [5, 5.41) is 7.73. The number of aromatic nitrogens is 2. The number of amides is 1. The molecule has 3 aliphatic rings. The smallest absolute Gasteiger partial charge is 0.410 e.